The number of aromatic nitrogens is 3. The SMILES string of the molecule is c1ccc2c(c1)Oc1ccccc1C21c2ccccc2-c2ccc(-c3ccc(-c4cc(-c5nc6ccccc6o5)cc(-c5nc6ccncc6o5)c4)cc3)cc21. The lowest BCUT2D eigenvalue weighted by Crippen LogP contribution is -2.32. The van der Waals surface area contributed by atoms with Crippen LogP contribution in [-0.4, -0.2) is 15.0 Å². The van der Waals surface area contributed by atoms with Gasteiger partial charge in [-0.2, -0.15) is 0 Å². The molecule has 4 heterocycles. The average molecular weight is 720 g/mol. The first kappa shape index (κ1) is 30.8. The second-order valence-electron chi connectivity index (χ2n) is 14.4. The molecule has 1 aliphatic carbocycles. The maximum absolute atomic E-state index is 6.55. The molecule has 0 atom stereocenters. The molecule has 0 saturated heterocycles. The molecule has 10 aromatic rings. The topological polar surface area (TPSA) is 74.2 Å². The minimum Gasteiger partial charge on any atom is -0.457 e. The zero-order chi connectivity index (χ0) is 36.8. The maximum atomic E-state index is 6.55. The van der Waals surface area contributed by atoms with Gasteiger partial charge in [-0.25, -0.2) is 9.97 Å². The Morgan fingerprint density at radius 2 is 0.946 bits per heavy atom. The fraction of sp³-hybridized carbons (Fsp3) is 0.0200. The number of pyridine rings is 1. The highest BCUT2D eigenvalue weighted by molar-refractivity contribution is 5.91. The second-order valence-corrected chi connectivity index (χ2v) is 14.4. The molecule has 0 unspecified atom stereocenters. The summed E-state index contributed by atoms with van der Waals surface area (Å²) < 4.78 is 19.0. The number of fused-ring (bicyclic) bond motifs is 11. The number of benzene rings is 7. The van der Waals surface area contributed by atoms with Crippen molar-refractivity contribution in [2.45, 2.75) is 5.41 Å². The number of para-hydroxylation sites is 4. The van der Waals surface area contributed by atoms with E-state index in [0.717, 1.165) is 72.6 Å². The lowest BCUT2D eigenvalue weighted by molar-refractivity contribution is 0.436. The van der Waals surface area contributed by atoms with Gasteiger partial charge < -0.3 is 13.6 Å². The summed E-state index contributed by atoms with van der Waals surface area (Å²) in [7, 11) is 0. The van der Waals surface area contributed by atoms with Gasteiger partial charge in [0, 0.05) is 28.5 Å². The van der Waals surface area contributed by atoms with Crippen molar-refractivity contribution in [2.24, 2.45) is 0 Å². The number of oxazole rings is 2. The normalized spacial score (nSPS) is 13.3. The molecule has 0 bridgehead atoms. The van der Waals surface area contributed by atoms with Crippen molar-refractivity contribution >= 4 is 22.2 Å². The summed E-state index contributed by atoms with van der Waals surface area (Å²) in [6.45, 7) is 0. The lowest BCUT2D eigenvalue weighted by atomic mass is 9.66. The van der Waals surface area contributed by atoms with Gasteiger partial charge in [0.05, 0.1) is 11.6 Å². The molecular formula is C50H29N3O3. The largest absolute Gasteiger partial charge is 0.457 e. The van der Waals surface area contributed by atoms with Gasteiger partial charge in [-0.1, -0.05) is 109 Å². The quantitative estimate of drug-likeness (QED) is 0.180. The summed E-state index contributed by atoms with van der Waals surface area (Å²) in [6.07, 6.45) is 3.41. The lowest BCUT2D eigenvalue weighted by Gasteiger charge is -2.39. The number of hydrogen-bond acceptors (Lipinski definition) is 6. The summed E-state index contributed by atoms with van der Waals surface area (Å²) in [6, 6.07) is 57.4. The second kappa shape index (κ2) is 11.7. The zero-order valence-electron chi connectivity index (χ0n) is 29.8. The first-order valence-corrected chi connectivity index (χ1v) is 18.6. The van der Waals surface area contributed by atoms with Gasteiger partial charge in [0.15, 0.2) is 11.2 Å². The summed E-state index contributed by atoms with van der Waals surface area (Å²) in [5.74, 6) is 2.82. The molecule has 0 radical (unpaired) electrons. The summed E-state index contributed by atoms with van der Waals surface area (Å²) in [4.78, 5) is 13.8. The van der Waals surface area contributed by atoms with Crippen LogP contribution in [0.15, 0.2) is 185 Å². The van der Waals surface area contributed by atoms with E-state index in [4.69, 9.17) is 23.5 Å². The summed E-state index contributed by atoms with van der Waals surface area (Å²) >= 11 is 0. The van der Waals surface area contributed by atoms with Gasteiger partial charge >= 0.3 is 0 Å². The minimum atomic E-state index is -0.518. The molecule has 7 aromatic carbocycles. The average Bonchev–Trinajstić information content (AvgIpc) is 3.98. The van der Waals surface area contributed by atoms with Crippen molar-refractivity contribution in [1.82, 2.24) is 15.0 Å². The van der Waals surface area contributed by atoms with E-state index in [2.05, 4.69) is 132 Å². The molecule has 0 fully saturated rings. The molecule has 6 nitrogen and oxygen atoms in total. The molecule has 6 heteroatoms. The summed E-state index contributed by atoms with van der Waals surface area (Å²) in [5.41, 5.74) is 15.7. The van der Waals surface area contributed by atoms with Gasteiger partial charge in [0.2, 0.25) is 11.8 Å². The number of rotatable bonds is 4. The van der Waals surface area contributed by atoms with Crippen LogP contribution >= 0.6 is 0 Å². The molecule has 56 heavy (non-hydrogen) atoms. The van der Waals surface area contributed by atoms with E-state index < -0.39 is 5.41 Å². The van der Waals surface area contributed by atoms with Crippen LogP contribution < -0.4 is 4.74 Å². The van der Waals surface area contributed by atoms with Crippen LogP contribution in [0.3, 0.4) is 0 Å². The molecule has 0 saturated carbocycles. The first-order valence-electron chi connectivity index (χ1n) is 18.6. The Kier molecular flexibility index (Phi) is 6.45. The number of ether oxygens (including phenoxy) is 1. The molecule has 1 spiro atoms. The molecule has 3 aromatic heterocycles. The highest BCUT2D eigenvalue weighted by atomic mass is 16.5. The molecule has 2 aliphatic rings. The van der Waals surface area contributed by atoms with Crippen molar-refractivity contribution in [1.29, 1.82) is 0 Å². The third kappa shape index (κ3) is 4.47. The van der Waals surface area contributed by atoms with Crippen molar-refractivity contribution in [3.8, 4) is 67.8 Å². The van der Waals surface area contributed by atoms with E-state index in [-0.39, 0.29) is 0 Å². The molecular weight excluding hydrogens is 691 g/mol. The molecule has 262 valence electrons. The van der Waals surface area contributed by atoms with Crippen LogP contribution in [0.4, 0.5) is 0 Å². The van der Waals surface area contributed by atoms with Gasteiger partial charge in [0.25, 0.3) is 0 Å². The number of nitrogens with zero attached hydrogens (tertiary/aromatic N) is 3. The predicted octanol–water partition coefficient (Wildman–Crippen LogP) is 12.5. The fourth-order valence-corrected chi connectivity index (χ4v) is 8.83. The van der Waals surface area contributed by atoms with Crippen molar-refractivity contribution in [3.05, 3.63) is 198 Å². The molecule has 1 aliphatic heterocycles. The van der Waals surface area contributed by atoms with E-state index in [1.807, 2.05) is 36.4 Å². The monoisotopic (exact) mass is 719 g/mol. The number of hydrogen-bond donors (Lipinski definition) is 0. The van der Waals surface area contributed by atoms with Crippen LogP contribution in [0.25, 0.3) is 78.5 Å². The minimum absolute atomic E-state index is 0.508. The Balaban J connectivity index is 0.991. The van der Waals surface area contributed by atoms with Gasteiger partial charge in [0.1, 0.15) is 22.5 Å². The Morgan fingerprint density at radius 3 is 1.66 bits per heavy atom. The van der Waals surface area contributed by atoms with E-state index >= 15 is 0 Å². The van der Waals surface area contributed by atoms with Gasteiger partial charge in [-0.15, -0.1) is 0 Å². The Labute approximate surface area is 321 Å². The van der Waals surface area contributed by atoms with Crippen LogP contribution in [-0.2, 0) is 5.41 Å². The van der Waals surface area contributed by atoms with Crippen LogP contribution in [0, 0.1) is 0 Å². The van der Waals surface area contributed by atoms with E-state index in [9.17, 15) is 0 Å². The van der Waals surface area contributed by atoms with Crippen molar-refractivity contribution in [2.75, 3.05) is 0 Å². The van der Waals surface area contributed by atoms with Gasteiger partial charge in [-0.3, -0.25) is 4.98 Å². The van der Waals surface area contributed by atoms with Crippen LogP contribution in [0.1, 0.15) is 22.3 Å². The Bertz CT molecular complexity index is 2990. The van der Waals surface area contributed by atoms with E-state index in [1.165, 1.54) is 22.3 Å². The van der Waals surface area contributed by atoms with Crippen molar-refractivity contribution in [3.63, 3.8) is 0 Å². The Hall–Kier alpha value is -7.57. The van der Waals surface area contributed by atoms with E-state index in [1.54, 1.807) is 12.4 Å². The predicted molar refractivity (Wildman–Crippen MR) is 218 cm³/mol. The molecule has 0 amide bonds. The van der Waals surface area contributed by atoms with Crippen LogP contribution in [0.2, 0.25) is 0 Å². The smallest absolute Gasteiger partial charge is 0.227 e. The third-order valence-electron chi connectivity index (χ3n) is 11.3. The fourth-order valence-electron chi connectivity index (χ4n) is 8.83. The zero-order valence-corrected chi connectivity index (χ0v) is 29.8. The van der Waals surface area contributed by atoms with Crippen LogP contribution in [0.5, 0.6) is 11.5 Å². The van der Waals surface area contributed by atoms with E-state index in [0.29, 0.717) is 17.4 Å². The highest BCUT2D eigenvalue weighted by Crippen LogP contribution is 2.62. The third-order valence-corrected chi connectivity index (χ3v) is 11.3. The maximum Gasteiger partial charge on any atom is 0.227 e. The Morgan fingerprint density at radius 1 is 0.393 bits per heavy atom. The standard InChI is InChI=1S/C50H29N3O3/c1-2-10-38-36(9-1)37-22-21-32(28-41(37)50(38)39-11-3-6-14-44(39)54-45-15-7-4-12-40(45)50)30-17-19-31(20-18-30)33-25-34(48-52-42-13-5-8-16-46(42)55-48)27-35(26-33)49-53-43-23-24-51-29-47(43)56-49/h1-29H. The molecule has 12 rings (SSSR count). The first-order chi connectivity index (χ1) is 27.7. The van der Waals surface area contributed by atoms with Gasteiger partial charge in [-0.05, 0) is 99.1 Å². The highest BCUT2D eigenvalue weighted by Gasteiger charge is 2.51. The molecule has 0 N–H and O–H groups in total. The summed E-state index contributed by atoms with van der Waals surface area (Å²) in [5, 5.41) is 0. The van der Waals surface area contributed by atoms with Crippen molar-refractivity contribution < 1.29 is 13.6 Å².